The standard InChI is InChI=1S/C11H22N2S/c1-6-7-8-14-9-10(2,3)13-11(4,5)12-9/h13H,6-8H2,1-5H3. The van der Waals surface area contributed by atoms with Crippen molar-refractivity contribution in [2.45, 2.75) is 58.7 Å². The molecule has 82 valence electrons. The highest BCUT2D eigenvalue weighted by atomic mass is 32.2. The third-order valence-electron chi connectivity index (χ3n) is 2.27. The molecule has 0 amide bonds. The first kappa shape index (κ1) is 12.1. The van der Waals surface area contributed by atoms with E-state index in [0.29, 0.717) is 0 Å². The van der Waals surface area contributed by atoms with Crippen molar-refractivity contribution in [2.75, 3.05) is 5.75 Å². The molecule has 0 fully saturated rings. The van der Waals surface area contributed by atoms with Crippen molar-refractivity contribution in [2.24, 2.45) is 4.99 Å². The van der Waals surface area contributed by atoms with Gasteiger partial charge in [0.1, 0.15) is 5.66 Å². The van der Waals surface area contributed by atoms with E-state index < -0.39 is 0 Å². The van der Waals surface area contributed by atoms with Gasteiger partial charge in [-0.25, -0.2) is 0 Å². The zero-order valence-corrected chi connectivity index (χ0v) is 10.8. The second-order valence-electron chi connectivity index (χ2n) is 4.93. The zero-order valence-electron chi connectivity index (χ0n) is 9.98. The highest BCUT2D eigenvalue weighted by Gasteiger charge is 2.38. The third-order valence-corrected chi connectivity index (χ3v) is 3.64. The fourth-order valence-corrected chi connectivity index (χ4v) is 3.10. The Kier molecular flexibility index (Phi) is 3.64. The van der Waals surface area contributed by atoms with Crippen molar-refractivity contribution >= 4 is 16.8 Å². The number of thioether (sulfide) groups is 1. The lowest BCUT2D eigenvalue weighted by Crippen LogP contribution is -2.47. The van der Waals surface area contributed by atoms with Crippen LogP contribution in [0.3, 0.4) is 0 Å². The van der Waals surface area contributed by atoms with Crippen LogP contribution < -0.4 is 5.32 Å². The zero-order chi connectivity index (χ0) is 10.8. The summed E-state index contributed by atoms with van der Waals surface area (Å²) in [7, 11) is 0. The van der Waals surface area contributed by atoms with E-state index >= 15 is 0 Å². The molecular formula is C11H22N2S. The number of nitrogens with zero attached hydrogens (tertiary/aromatic N) is 1. The van der Waals surface area contributed by atoms with Crippen LogP contribution in [0, 0.1) is 0 Å². The van der Waals surface area contributed by atoms with Crippen LogP contribution in [0.5, 0.6) is 0 Å². The van der Waals surface area contributed by atoms with Gasteiger partial charge >= 0.3 is 0 Å². The second-order valence-corrected chi connectivity index (χ2v) is 6.01. The van der Waals surface area contributed by atoms with Crippen LogP contribution in [0.1, 0.15) is 47.5 Å². The highest BCUT2D eigenvalue weighted by Crippen LogP contribution is 2.29. The largest absolute Gasteiger partial charge is 0.283 e. The molecule has 0 unspecified atom stereocenters. The minimum Gasteiger partial charge on any atom is -0.283 e. The van der Waals surface area contributed by atoms with E-state index in [4.69, 9.17) is 4.99 Å². The summed E-state index contributed by atoms with van der Waals surface area (Å²) in [6.45, 7) is 10.9. The molecule has 0 saturated heterocycles. The molecule has 1 aliphatic rings. The maximum atomic E-state index is 4.71. The molecule has 0 aromatic heterocycles. The number of aliphatic imine (C=N–C) groups is 1. The van der Waals surface area contributed by atoms with Gasteiger partial charge in [-0.05, 0) is 39.9 Å². The number of unbranched alkanes of at least 4 members (excludes halogenated alkanes) is 1. The van der Waals surface area contributed by atoms with Gasteiger partial charge in [0.25, 0.3) is 0 Å². The summed E-state index contributed by atoms with van der Waals surface area (Å²) in [6, 6.07) is 0. The summed E-state index contributed by atoms with van der Waals surface area (Å²) in [5.41, 5.74) is -0.0278. The first-order chi connectivity index (χ1) is 6.37. The number of nitrogens with one attached hydrogen (secondary N) is 1. The average molecular weight is 214 g/mol. The lowest BCUT2D eigenvalue weighted by molar-refractivity contribution is 0.372. The van der Waals surface area contributed by atoms with Gasteiger partial charge < -0.3 is 0 Å². The van der Waals surface area contributed by atoms with Crippen molar-refractivity contribution in [1.82, 2.24) is 5.32 Å². The molecular weight excluding hydrogens is 192 g/mol. The molecule has 3 heteroatoms. The predicted octanol–water partition coefficient (Wildman–Crippen LogP) is 3.04. The Bertz CT molecular complexity index is 231. The van der Waals surface area contributed by atoms with E-state index in [2.05, 4.69) is 39.9 Å². The van der Waals surface area contributed by atoms with Crippen LogP contribution in [-0.4, -0.2) is 22.0 Å². The Hall–Kier alpha value is -0.0200. The highest BCUT2D eigenvalue weighted by molar-refractivity contribution is 8.14. The van der Waals surface area contributed by atoms with E-state index in [9.17, 15) is 0 Å². The molecule has 0 aromatic carbocycles. The van der Waals surface area contributed by atoms with Gasteiger partial charge in [-0.3, -0.25) is 10.3 Å². The summed E-state index contributed by atoms with van der Waals surface area (Å²) < 4.78 is 0. The maximum absolute atomic E-state index is 4.71. The summed E-state index contributed by atoms with van der Waals surface area (Å²) in [4.78, 5) is 4.71. The topological polar surface area (TPSA) is 24.4 Å². The molecule has 1 N–H and O–H groups in total. The Morgan fingerprint density at radius 1 is 1.29 bits per heavy atom. The van der Waals surface area contributed by atoms with Crippen LogP contribution in [-0.2, 0) is 0 Å². The van der Waals surface area contributed by atoms with E-state index in [-0.39, 0.29) is 11.2 Å². The van der Waals surface area contributed by atoms with Crippen molar-refractivity contribution in [3.05, 3.63) is 0 Å². The molecule has 14 heavy (non-hydrogen) atoms. The number of rotatable bonds is 3. The molecule has 2 nitrogen and oxygen atoms in total. The van der Waals surface area contributed by atoms with Crippen molar-refractivity contribution in [3.8, 4) is 0 Å². The van der Waals surface area contributed by atoms with Crippen LogP contribution in [0.25, 0.3) is 0 Å². The first-order valence-corrected chi connectivity index (χ1v) is 6.38. The fourth-order valence-electron chi connectivity index (χ4n) is 1.77. The van der Waals surface area contributed by atoms with E-state index in [1.54, 1.807) is 0 Å². The molecule has 0 spiro atoms. The van der Waals surface area contributed by atoms with Crippen LogP contribution in [0.4, 0.5) is 0 Å². The summed E-state index contributed by atoms with van der Waals surface area (Å²) >= 11 is 1.91. The van der Waals surface area contributed by atoms with Gasteiger partial charge in [-0.1, -0.05) is 13.3 Å². The van der Waals surface area contributed by atoms with Gasteiger partial charge in [0, 0.05) is 0 Å². The van der Waals surface area contributed by atoms with Crippen molar-refractivity contribution < 1.29 is 0 Å². The fraction of sp³-hybridized carbons (Fsp3) is 0.909. The van der Waals surface area contributed by atoms with Gasteiger partial charge in [0.2, 0.25) is 0 Å². The molecule has 0 aliphatic carbocycles. The number of hydrogen-bond donors (Lipinski definition) is 1. The third kappa shape index (κ3) is 2.99. The van der Waals surface area contributed by atoms with Crippen molar-refractivity contribution in [1.29, 1.82) is 0 Å². The van der Waals surface area contributed by atoms with E-state index in [1.807, 2.05) is 11.8 Å². The minimum atomic E-state index is -0.0853. The molecule has 0 saturated carbocycles. The van der Waals surface area contributed by atoms with Gasteiger partial charge in [-0.2, -0.15) is 0 Å². The molecule has 1 aliphatic heterocycles. The van der Waals surface area contributed by atoms with Gasteiger partial charge in [0.05, 0.1) is 10.6 Å². The summed E-state index contributed by atoms with van der Waals surface area (Å²) in [6.07, 6.45) is 2.54. The maximum Gasteiger partial charge on any atom is 0.106 e. The Morgan fingerprint density at radius 2 is 1.93 bits per heavy atom. The normalized spacial score (nSPS) is 23.6. The Labute approximate surface area is 92.0 Å². The van der Waals surface area contributed by atoms with Crippen LogP contribution in [0.2, 0.25) is 0 Å². The molecule has 0 atom stereocenters. The smallest absolute Gasteiger partial charge is 0.106 e. The Balaban J connectivity index is 2.57. The Morgan fingerprint density at radius 3 is 2.36 bits per heavy atom. The quantitative estimate of drug-likeness (QED) is 0.730. The summed E-state index contributed by atoms with van der Waals surface area (Å²) in [5, 5.41) is 4.78. The second kappa shape index (κ2) is 4.23. The van der Waals surface area contributed by atoms with Crippen LogP contribution in [0.15, 0.2) is 4.99 Å². The lowest BCUT2D eigenvalue weighted by atomic mass is 10.1. The van der Waals surface area contributed by atoms with Crippen molar-refractivity contribution in [3.63, 3.8) is 0 Å². The monoisotopic (exact) mass is 214 g/mol. The SMILES string of the molecule is CCCCSC1=NC(C)(C)NC1(C)C. The molecule has 1 heterocycles. The van der Waals surface area contributed by atoms with Crippen LogP contribution >= 0.6 is 11.8 Å². The molecule has 0 radical (unpaired) electrons. The minimum absolute atomic E-state index is 0.0574. The molecule has 1 rings (SSSR count). The average Bonchev–Trinajstić information content (AvgIpc) is 2.20. The first-order valence-electron chi connectivity index (χ1n) is 5.40. The van der Waals surface area contributed by atoms with Gasteiger partial charge in [0.15, 0.2) is 0 Å². The van der Waals surface area contributed by atoms with Gasteiger partial charge in [-0.15, -0.1) is 11.8 Å². The summed E-state index contributed by atoms with van der Waals surface area (Å²) in [5.74, 6) is 1.19. The van der Waals surface area contributed by atoms with E-state index in [1.165, 1.54) is 23.6 Å². The predicted molar refractivity (Wildman–Crippen MR) is 66.1 cm³/mol. The molecule has 0 aromatic rings. The lowest BCUT2D eigenvalue weighted by Gasteiger charge is -2.24. The van der Waals surface area contributed by atoms with E-state index in [0.717, 1.165) is 0 Å². The molecule has 0 bridgehead atoms. The number of hydrogen-bond acceptors (Lipinski definition) is 3.